The van der Waals surface area contributed by atoms with E-state index >= 15 is 0 Å². The highest BCUT2D eigenvalue weighted by Gasteiger charge is 2.21. The van der Waals surface area contributed by atoms with Crippen LogP contribution in [0.25, 0.3) is 0 Å². The Morgan fingerprint density at radius 1 is 1.35 bits per heavy atom. The maximum atomic E-state index is 12.1. The van der Waals surface area contributed by atoms with E-state index < -0.39 is 0 Å². The second kappa shape index (κ2) is 4.85. The van der Waals surface area contributed by atoms with E-state index in [2.05, 4.69) is 5.10 Å². The summed E-state index contributed by atoms with van der Waals surface area (Å²) in [5.74, 6) is 0.684. The molecular weight excluding hydrogens is 218 g/mol. The number of aryl methyl sites for hydroxylation is 1. The maximum Gasteiger partial charge on any atom is 0.346 e. The molecule has 1 aliphatic carbocycles. The van der Waals surface area contributed by atoms with E-state index in [-0.39, 0.29) is 24.1 Å². The average Bonchev–Trinajstić information content (AvgIpc) is 2.54. The smallest absolute Gasteiger partial charge is 0.298 e. The van der Waals surface area contributed by atoms with Crippen molar-refractivity contribution in [1.82, 2.24) is 14.3 Å². The minimum Gasteiger partial charge on any atom is -0.298 e. The Morgan fingerprint density at radius 3 is 2.59 bits per heavy atom. The molecule has 0 unspecified atom stereocenters. The standard InChI is InChI=1S/C12H19N3O2/c1-9(16)8-14-12(17)15(10(2)13-14)11-6-4-3-5-7-11/h11H,3-8H2,1-2H3. The van der Waals surface area contributed by atoms with Crippen LogP contribution in [0.3, 0.4) is 0 Å². The Hall–Kier alpha value is -1.39. The Labute approximate surface area is 100 Å². The predicted octanol–water partition coefficient (Wildman–Crippen LogP) is 1.45. The van der Waals surface area contributed by atoms with Gasteiger partial charge in [-0.25, -0.2) is 9.48 Å². The first-order valence-corrected chi connectivity index (χ1v) is 6.25. The molecule has 0 saturated heterocycles. The number of carbonyl (C=O) groups excluding carboxylic acids is 1. The SMILES string of the molecule is CC(=O)Cn1nc(C)n(C2CCCCC2)c1=O. The molecule has 0 spiro atoms. The fourth-order valence-corrected chi connectivity index (χ4v) is 2.60. The molecule has 94 valence electrons. The molecule has 2 rings (SSSR count). The van der Waals surface area contributed by atoms with Gasteiger partial charge >= 0.3 is 5.69 Å². The van der Waals surface area contributed by atoms with E-state index in [9.17, 15) is 9.59 Å². The third-order valence-corrected chi connectivity index (χ3v) is 3.35. The van der Waals surface area contributed by atoms with Gasteiger partial charge in [0.15, 0.2) is 5.78 Å². The number of rotatable bonds is 3. The van der Waals surface area contributed by atoms with Gasteiger partial charge in [0.2, 0.25) is 0 Å². The van der Waals surface area contributed by atoms with E-state index in [0.29, 0.717) is 0 Å². The lowest BCUT2D eigenvalue weighted by Gasteiger charge is -2.22. The summed E-state index contributed by atoms with van der Waals surface area (Å²) < 4.78 is 3.05. The largest absolute Gasteiger partial charge is 0.346 e. The van der Waals surface area contributed by atoms with Crippen molar-refractivity contribution in [3.63, 3.8) is 0 Å². The monoisotopic (exact) mass is 237 g/mol. The molecule has 0 N–H and O–H groups in total. The zero-order chi connectivity index (χ0) is 12.4. The van der Waals surface area contributed by atoms with Crippen molar-refractivity contribution in [1.29, 1.82) is 0 Å². The van der Waals surface area contributed by atoms with E-state index in [0.717, 1.165) is 18.7 Å². The van der Waals surface area contributed by atoms with Crippen LogP contribution in [-0.4, -0.2) is 20.1 Å². The van der Waals surface area contributed by atoms with Crippen LogP contribution in [0.15, 0.2) is 4.79 Å². The quantitative estimate of drug-likeness (QED) is 0.799. The number of ketones is 1. The van der Waals surface area contributed by atoms with Gasteiger partial charge in [-0.05, 0) is 26.7 Å². The fraction of sp³-hybridized carbons (Fsp3) is 0.750. The van der Waals surface area contributed by atoms with Crippen LogP contribution in [0.1, 0.15) is 50.9 Å². The van der Waals surface area contributed by atoms with Crippen LogP contribution >= 0.6 is 0 Å². The number of nitrogens with zero attached hydrogens (tertiary/aromatic N) is 3. The number of hydrogen-bond acceptors (Lipinski definition) is 3. The molecule has 1 aromatic rings. The number of carbonyl (C=O) groups is 1. The highest BCUT2D eigenvalue weighted by atomic mass is 16.2. The predicted molar refractivity (Wildman–Crippen MR) is 64.0 cm³/mol. The summed E-state index contributed by atoms with van der Waals surface area (Å²) in [4.78, 5) is 23.2. The molecule has 1 saturated carbocycles. The molecule has 1 fully saturated rings. The van der Waals surface area contributed by atoms with Crippen molar-refractivity contribution in [3.8, 4) is 0 Å². The zero-order valence-electron chi connectivity index (χ0n) is 10.5. The van der Waals surface area contributed by atoms with Crippen molar-refractivity contribution < 1.29 is 4.79 Å². The number of aromatic nitrogens is 3. The molecule has 0 bridgehead atoms. The minimum atomic E-state index is -0.135. The minimum absolute atomic E-state index is 0.0413. The van der Waals surface area contributed by atoms with Crippen molar-refractivity contribution >= 4 is 5.78 Å². The van der Waals surface area contributed by atoms with Crippen LogP contribution in [0, 0.1) is 6.92 Å². The normalized spacial score (nSPS) is 17.3. The summed E-state index contributed by atoms with van der Waals surface area (Å²) in [5.41, 5.74) is -0.135. The van der Waals surface area contributed by atoms with Gasteiger partial charge in [-0.2, -0.15) is 5.10 Å². The van der Waals surface area contributed by atoms with Crippen LogP contribution in [0.2, 0.25) is 0 Å². The molecule has 0 amide bonds. The van der Waals surface area contributed by atoms with Crippen LogP contribution in [0.5, 0.6) is 0 Å². The lowest BCUT2D eigenvalue weighted by Crippen LogP contribution is -2.30. The molecule has 1 heterocycles. The molecule has 5 heteroatoms. The topological polar surface area (TPSA) is 56.9 Å². The lowest BCUT2D eigenvalue weighted by atomic mass is 9.95. The Balaban J connectivity index is 2.30. The maximum absolute atomic E-state index is 12.1. The van der Waals surface area contributed by atoms with Crippen molar-refractivity contribution in [2.75, 3.05) is 0 Å². The van der Waals surface area contributed by atoms with Gasteiger partial charge in [-0.1, -0.05) is 19.3 Å². The van der Waals surface area contributed by atoms with Gasteiger partial charge in [0.1, 0.15) is 12.4 Å². The Bertz CT molecular complexity index is 467. The van der Waals surface area contributed by atoms with E-state index in [1.807, 2.05) is 6.92 Å². The second-order valence-corrected chi connectivity index (χ2v) is 4.85. The van der Waals surface area contributed by atoms with Gasteiger partial charge in [0.25, 0.3) is 0 Å². The molecule has 0 aliphatic heterocycles. The van der Waals surface area contributed by atoms with Gasteiger partial charge in [0, 0.05) is 6.04 Å². The third kappa shape index (κ3) is 2.48. The molecule has 0 radical (unpaired) electrons. The summed E-state index contributed by atoms with van der Waals surface area (Å²) in [6, 6.07) is 0.275. The molecule has 17 heavy (non-hydrogen) atoms. The lowest BCUT2D eigenvalue weighted by molar-refractivity contribution is -0.117. The van der Waals surface area contributed by atoms with Crippen LogP contribution in [0.4, 0.5) is 0 Å². The molecular formula is C12H19N3O2. The first-order chi connectivity index (χ1) is 8.09. The van der Waals surface area contributed by atoms with Crippen LogP contribution in [-0.2, 0) is 11.3 Å². The fourth-order valence-electron chi connectivity index (χ4n) is 2.60. The molecule has 5 nitrogen and oxygen atoms in total. The van der Waals surface area contributed by atoms with Gasteiger partial charge in [-0.3, -0.25) is 9.36 Å². The third-order valence-electron chi connectivity index (χ3n) is 3.35. The van der Waals surface area contributed by atoms with E-state index in [1.54, 1.807) is 4.57 Å². The van der Waals surface area contributed by atoms with Gasteiger partial charge < -0.3 is 0 Å². The summed E-state index contributed by atoms with van der Waals surface area (Å²) in [7, 11) is 0. The molecule has 0 aromatic carbocycles. The number of hydrogen-bond donors (Lipinski definition) is 0. The van der Waals surface area contributed by atoms with Crippen molar-refractivity contribution in [2.24, 2.45) is 0 Å². The van der Waals surface area contributed by atoms with Crippen molar-refractivity contribution in [3.05, 3.63) is 16.3 Å². The molecule has 0 atom stereocenters. The first kappa shape index (κ1) is 12.1. The summed E-state index contributed by atoms with van der Waals surface area (Å²) in [5, 5.41) is 4.17. The van der Waals surface area contributed by atoms with E-state index in [4.69, 9.17) is 0 Å². The highest BCUT2D eigenvalue weighted by Crippen LogP contribution is 2.27. The molecule has 1 aliphatic rings. The van der Waals surface area contributed by atoms with Crippen molar-refractivity contribution in [2.45, 2.75) is 58.5 Å². The Morgan fingerprint density at radius 2 is 2.00 bits per heavy atom. The molecule has 1 aromatic heterocycles. The summed E-state index contributed by atoms with van der Waals surface area (Å²) >= 11 is 0. The van der Waals surface area contributed by atoms with Gasteiger partial charge in [-0.15, -0.1) is 0 Å². The zero-order valence-corrected chi connectivity index (χ0v) is 10.5. The second-order valence-electron chi connectivity index (χ2n) is 4.85. The first-order valence-electron chi connectivity index (χ1n) is 6.25. The Kier molecular flexibility index (Phi) is 3.45. The number of Topliss-reactive ketones (excluding diaryl/α,β-unsaturated/α-hetero) is 1. The highest BCUT2D eigenvalue weighted by molar-refractivity contribution is 5.75. The van der Waals surface area contributed by atoms with E-state index in [1.165, 1.54) is 30.9 Å². The van der Waals surface area contributed by atoms with Crippen LogP contribution < -0.4 is 5.69 Å². The average molecular weight is 237 g/mol. The summed E-state index contributed by atoms with van der Waals surface area (Å²) in [6.45, 7) is 3.40. The van der Waals surface area contributed by atoms with Gasteiger partial charge in [0.05, 0.1) is 0 Å². The summed E-state index contributed by atoms with van der Waals surface area (Å²) in [6.07, 6.45) is 5.70.